The van der Waals surface area contributed by atoms with Gasteiger partial charge in [-0.25, -0.2) is 0 Å². The third kappa shape index (κ3) is 4.82. The number of fused-ring (bicyclic) bond motifs is 6. The van der Waals surface area contributed by atoms with Gasteiger partial charge in [-0.15, -0.1) is 0 Å². The maximum atomic E-state index is 6.56. The van der Waals surface area contributed by atoms with E-state index in [1.165, 1.54) is 32.9 Å². The normalized spacial score (nSPS) is 11.5. The fourth-order valence-corrected chi connectivity index (χ4v) is 7.68. The summed E-state index contributed by atoms with van der Waals surface area (Å²) in [5, 5.41) is 4.70. The highest BCUT2D eigenvalue weighted by Gasteiger charge is 2.21. The lowest BCUT2D eigenvalue weighted by Gasteiger charge is -2.26. The van der Waals surface area contributed by atoms with Gasteiger partial charge in [-0.1, -0.05) is 133 Å². The molecule has 0 fully saturated rings. The average Bonchev–Trinajstić information content (AvgIpc) is 3.75. The highest BCUT2D eigenvalue weighted by molar-refractivity contribution is 6.12. The molecule has 2 aromatic heterocycles. The number of anilines is 3. The topological polar surface area (TPSA) is 21.3 Å². The number of benzene rings is 8. The Hall–Kier alpha value is -6.84. The molecule has 0 radical (unpaired) electrons. The molecule has 3 heteroatoms. The van der Waals surface area contributed by atoms with Crippen LogP contribution in [0.1, 0.15) is 0 Å². The molecule has 0 aliphatic rings. The van der Waals surface area contributed by atoms with Crippen LogP contribution in [-0.2, 0) is 0 Å². The van der Waals surface area contributed by atoms with Crippen molar-refractivity contribution in [1.82, 2.24) is 4.57 Å². The number of aromatic nitrogens is 1. The smallest absolute Gasteiger partial charge is 0.159 e. The van der Waals surface area contributed by atoms with E-state index in [-0.39, 0.29) is 0 Å². The van der Waals surface area contributed by atoms with Crippen molar-refractivity contribution in [2.45, 2.75) is 0 Å². The molecular formula is C48H32N2O. The number of para-hydroxylation sites is 5. The molecular weight excluding hydrogens is 621 g/mol. The van der Waals surface area contributed by atoms with Crippen LogP contribution in [0.3, 0.4) is 0 Å². The number of rotatable bonds is 6. The van der Waals surface area contributed by atoms with E-state index in [1.54, 1.807) is 0 Å². The second-order valence-corrected chi connectivity index (χ2v) is 12.9. The summed E-state index contributed by atoms with van der Waals surface area (Å²) in [5.41, 5.74) is 13.1. The monoisotopic (exact) mass is 652 g/mol. The Morgan fingerprint density at radius 3 is 1.92 bits per heavy atom. The highest BCUT2D eigenvalue weighted by Crippen LogP contribution is 2.44. The molecule has 0 atom stereocenters. The first-order chi connectivity index (χ1) is 25.3. The van der Waals surface area contributed by atoms with Gasteiger partial charge in [0.1, 0.15) is 5.58 Å². The van der Waals surface area contributed by atoms with Crippen molar-refractivity contribution < 1.29 is 4.42 Å². The summed E-state index contributed by atoms with van der Waals surface area (Å²) in [4.78, 5) is 2.31. The molecule has 0 amide bonds. The Labute approximate surface area is 295 Å². The molecule has 10 rings (SSSR count). The van der Waals surface area contributed by atoms with E-state index in [2.05, 4.69) is 191 Å². The van der Waals surface area contributed by atoms with Crippen LogP contribution >= 0.6 is 0 Å². The van der Waals surface area contributed by atoms with Crippen LogP contribution in [0.15, 0.2) is 199 Å². The number of furan rings is 1. The van der Waals surface area contributed by atoms with Crippen molar-refractivity contribution in [2.75, 3.05) is 4.90 Å². The van der Waals surface area contributed by atoms with Gasteiger partial charge in [-0.2, -0.15) is 0 Å². The van der Waals surface area contributed by atoms with Crippen molar-refractivity contribution in [3.63, 3.8) is 0 Å². The standard InChI is InChI=1S/C48H32N2O/c1-3-15-33(16-4-1)34-29-30-45-42(32-34)39-22-8-11-26-44(39)50(45)43-25-10-7-21-38(43)35-17-13-20-37(31-35)49(36-18-5-2-6-19-36)46-27-14-24-41-40-23-9-12-28-47(40)51-48(41)46/h1-32H. The molecule has 8 aromatic carbocycles. The SMILES string of the molecule is c1ccc(-c2ccc3c(c2)c2ccccc2n3-c2ccccc2-c2cccc(N(c3ccccc3)c3cccc4c3oc3ccccc34)c2)cc1. The predicted octanol–water partition coefficient (Wildman–Crippen LogP) is 13.5. The van der Waals surface area contributed by atoms with E-state index < -0.39 is 0 Å². The van der Waals surface area contributed by atoms with Gasteiger partial charge in [0.15, 0.2) is 5.58 Å². The summed E-state index contributed by atoms with van der Waals surface area (Å²) in [6.45, 7) is 0. The first-order valence-corrected chi connectivity index (χ1v) is 17.4. The molecule has 0 aliphatic carbocycles. The van der Waals surface area contributed by atoms with Gasteiger partial charge in [-0.05, 0) is 77.4 Å². The van der Waals surface area contributed by atoms with E-state index in [1.807, 2.05) is 12.1 Å². The van der Waals surface area contributed by atoms with Gasteiger partial charge in [0, 0.05) is 38.5 Å². The Balaban J connectivity index is 1.16. The zero-order valence-electron chi connectivity index (χ0n) is 27.8. The summed E-state index contributed by atoms with van der Waals surface area (Å²) in [6, 6.07) is 69.1. The van der Waals surface area contributed by atoms with E-state index in [9.17, 15) is 0 Å². The average molecular weight is 653 g/mol. The zero-order valence-corrected chi connectivity index (χ0v) is 27.8. The van der Waals surface area contributed by atoms with Crippen molar-refractivity contribution >= 4 is 60.8 Å². The quantitative estimate of drug-likeness (QED) is 0.178. The molecule has 240 valence electrons. The molecule has 3 nitrogen and oxygen atoms in total. The van der Waals surface area contributed by atoms with Crippen LogP contribution < -0.4 is 4.90 Å². The van der Waals surface area contributed by atoms with Crippen LogP contribution in [-0.4, -0.2) is 4.57 Å². The molecule has 0 bridgehead atoms. The summed E-state index contributed by atoms with van der Waals surface area (Å²) in [7, 11) is 0. The Bertz CT molecular complexity index is 2860. The van der Waals surface area contributed by atoms with Crippen LogP contribution in [0.4, 0.5) is 17.1 Å². The minimum atomic E-state index is 0.869. The van der Waals surface area contributed by atoms with E-state index >= 15 is 0 Å². The second kappa shape index (κ2) is 11.9. The first-order valence-electron chi connectivity index (χ1n) is 17.4. The molecule has 0 unspecified atom stereocenters. The van der Waals surface area contributed by atoms with Crippen LogP contribution in [0.5, 0.6) is 0 Å². The predicted molar refractivity (Wildman–Crippen MR) is 214 cm³/mol. The maximum absolute atomic E-state index is 6.56. The summed E-state index contributed by atoms with van der Waals surface area (Å²) in [5.74, 6) is 0. The van der Waals surface area contributed by atoms with E-state index in [4.69, 9.17) is 4.42 Å². The summed E-state index contributed by atoms with van der Waals surface area (Å²) < 4.78 is 8.99. The first kappa shape index (κ1) is 29.1. The Morgan fingerprint density at radius 2 is 1.04 bits per heavy atom. The van der Waals surface area contributed by atoms with Gasteiger partial charge in [0.2, 0.25) is 0 Å². The minimum absolute atomic E-state index is 0.869. The third-order valence-electron chi connectivity index (χ3n) is 9.98. The molecule has 0 saturated carbocycles. The third-order valence-corrected chi connectivity index (χ3v) is 9.98. The number of hydrogen-bond acceptors (Lipinski definition) is 2. The molecule has 0 aliphatic heterocycles. The fourth-order valence-electron chi connectivity index (χ4n) is 7.68. The van der Waals surface area contributed by atoms with E-state index in [0.717, 1.165) is 55.8 Å². The van der Waals surface area contributed by atoms with E-state index in [0.29, 0.717) is 0 Å². The van der Waals surface area contributed by atoms with Gasteiger partial charge >= 0.3 is 0 Å². The summed E-state index contributed by atoms with van der Waals surface area (Å²) >= 11 is 0. The van der Waals surface area contributed by atoms with Gasteiger partial charge < -0.3 is 13.9 Å². The van der Waals surface area contributed by atoms with Gasteiger partial charge in [-0.3, -0.25) is 0 Å². The fraction of sp³-hybridized carbons (Fsp3) is 0. The molecule has 51 heavy (non-hydrogen) atoms. The van der Waals surface area contributed by atoms with Gasteiger partial charge in [0.25, 0.3) is 0 Å². The lowest BCUT2D eigenvalue weighted by molar-refractivity contribution is 0.669. The lowest BCUT2D eigenvalue weighted by Crippen LogP contribution is -2.10. The molecule has 2 heterocycles. The zero-order chi connectivity index (χ0) is 33.7. The molecule has 10 aromatic rings. The summed E-state index contributed by atoms with van der Waals surface area (Å²) in [6.07, 6.45) is 0. The Morgan fingerprint density at radius 1 is 0.392 bits per heavy atom. The molecule has 0 saturated heterocycles. The van der Waals surface area contributed by atoms with Crippen LogP contribution in [0.2, 0.25) is 0 Å². The molecule has 0 spiro atoms. The Kier molecular flexibility index (Phi) is 6.81. The van der Waals surface area contributed by atoms with Crippen molar-refractivity contribution in [2.24, 2.45) is 0 Å². The maximum Gasteiger partial charge on any atom is 0.159 e. The highest BCUT2D eigenvalue weighted by atomic mass is 16.3. The van der Waals surface area contributed by atoms with Crippen molar-refractivity contribution in [3.8, 4) is 27.9 Å². The van der Waals surface area contributed by atoms with Crippen molar-refractivity contribution in [3.05, 3.63) is 194 Å². The van der Waals surface area contributed by atoms with Crippen LogP contribution in [0.25, 0.3) is 71.7 Å². The number of nitrogens with zero attached hydrogens (tertiary/aromatic N) is 2. The second-order valence-electron chi connectivity index (χ2n) is 12.9. The van der Waals surface area contributed by atoms with Gasteiger partial charge in [0.05, 0.1) is 22.4 Å². The van der Waals surface area contributed by atoms with Crippen LogP contribution in [0, 0.1) is 0 Å². The molecule has 0 N–H and O–H groups in total. The largest absolute Gasteiger partial charge is 0.454 e. The van der Waals surface area contributed by atoms with Crippen molar-refractivity contribution in [1.29, 1.82) is 0 Å². The minimum Gasteiger partial charge on any atom is -0.454 e. The lowest BCUT2D eigenvalue weighted by atomic mass is 10.0. The number of hydrogen-bond donors (Lipinski definition) is 0.